The number of nitrogens with one attached hydrogen (secondary N) is 3. The largest absolute Gasteiger partial charge is 0.321 e. The third-order valence-electron chi connectivity index (χ3n) is 2.11. The lowest BCUT2D eigenvalue weighted by atomic mass is 10.2. The molecule has 0 aromatic rings. The van der Waals surface area contributed by atoms with Crippen molar-refractivity contribution in [2.45, 2.75) is 33.0 Å². The zero-order valence-corrected chi connectivity index (χ0v) is 9.59. The van der Waals surface area contributed by atoms with Gasteiger partial charge in [0.1, 0.15) is 0 Å². The van der Waals surface area contributed by atoms with Gasteiger partial charge in [-0.3, -0.25) is 21.0 Å². The third-order valence-corrected chi connectivity index (χ3v) is 2.11. The molecule has 1 aliphatic rings. The van der Waals surface area contributed by atoms with E-state index < -0.39 is 5.79 Å². The van der Waals surface area contributed by atoms with Crippen LogP contribution < -0.4 is 21.7 Å². The van der Waals surface area contributed by atoms with E-state index in [0.29, 0.717) is 25.0 Å². The summed E-state index contributed by atoms with van der Waals surface area (Å²) in [5.41, 5.74) is 6.08. The Morgan fingerprint density at radius 1 is 1.07 bits per heavy atom. The minimum Gasteiger partial charge on any atom is -0.321 e. The molecule has 1 saturated heterocycles. The second kappa shape index (κ2) is 4.97. The molecule has 15 heavy (non-hydrogen) atoms. The summed E-state index contributed by atoms with van der Waals surface area (Å²) in [6.45, 7) is 7.35. The highest BCUT2D eigenvalue weighted by Gasteiger charge is 2.30. The van der Waals surface area contributed by atoms with Crippen LogP contribution in [0.4, 0.5) is 0 Å². The number of guanidine groups is 2. The van der Waals surface area contributed by atoms with Crippen LogP contribution >= 0.6 is 0 Å². The van der Waals surface area contributed by atoms with Crippen molar-refractivity contribution in [1.29, 1.82) is 0 Å². The number of nitrogens with two attached hydrogens (primary N) is 1. The minimum atomic E-state index is -0.659. The number of hydrogen-bond donors (Lipinski definition) is 4. The van der Waals surface area contributed by atoms with Crippen molar-refractivity contribution < 1.29 is 0 Å². The van der Waals surface area contributed by atoms with Gasteiger partial charge in [-0.2, -0.15) is 0 Å². The molecule has 0 saturated carbocycles. The number of rotatable bonds is 3. The minimum absolute atomic E-state index is 0.659. The molecule has 0 aliphatic carbocycles. The summed E-state index contributed by atoms with van der Waals surface area (Å²) in [5, 5.41) is 9.23. The summed E-state index contributed by atoms with van der Waals surface area (Å²) in [6.07, 6.45) is 0.736. The first-order valence-electron chi connectivity index (χ1n) is 5.34. The van der Waals surface area contributed by atoms with Crippen molar-refractivity contribution in [3.63, 3.8) is 0 Å². The Bertz CT molecular complexity index is 248. The van der Waals surface area contributed by atoms with Gasteiger partial charge in [0, 0.05) is 19.5 Å². The van der Waals surface area contributed by atoms with Crippen LogP contribution in [0, 0.1) is 0 Å². The fourth-order valence-corrected chi connectivity index (χ4v) is 1.28. The van der Waals surface area contributed by atoms with E-state index in [1.807, 2.05) is 20.8 Å². The van der Waals surface area contributed by atoms with E-state index in [1.165, 1.54) is 0 Å². The second-order valence-corrected chi connectivity index (χ2v) is 3.35. The second-order valence-electron chi connectivity index (χ2n) is 3.35. The fraction of sp³-hybridized carbons (Fsp3) is 0.778. The molecular formula is C9H20N6. The van der Waals surface area contributed by atoms with Crippen molar-refractivity contribution in [3.05, 3.63) is 0 Å². The lowest BCUT2D eigenvalue weighted by Gasteiger charge is -2.38. The molecule has 6 nitrogen and oxygen atoms in total. The van der Waals surface area contributed by atoms with Gasteiger partial charge in [-0.1, -0.05) is 6.92 Å². The molecule has 0 radical (unpaired) electrons. The van der Waals surface area contributed by atoms with Crippen LogP contribution in [0.5, 0.6) is 0 Å². The Morgan fingerprint density at radius 3 is 1.87 bits per heavy atom. The highest BCUT2D eigenvalue weighted by molar-refractivity contribution is 6.01. The van der Waals surface area contributed by atoms with Crippen LogP contribution in [0.3, 0.4) is 0 Å². The van der Waals surface area contributed by atoms with Gasteiger partial charge in [-0.05, 0) is 13.8 Å². The van der Waals surface area contributed by atoms with Crippen LogP contribution in [0.25, 0.3) is 0 Å². The van der Waals surface area contributed by atoms with E-state index in [0.717, 1.165) is 6.42 Å². The van der Waals surface area contributed by atoms with Gasteiger partial charge in [0.25, 0.3) is 0 Å². The zero-order valence-electron chi connectivity index (χ0n) is 9.59. The molecule has 1 heterocycles. The summed E-state index contributed by atoms with van der Waals surface area (Å²) in [6, 6.07) is 0. The SMILES string of the molecule is CCN=C1NC(=NCC)NC(N)(CC)N1. The van der Waals surface area contributed by atoms with Crippen molar-refractivity contribution in [2.24, 2.45) is 15.7 Å². The molecule has 6 heteroatoms. The molecule has 0 aromatic heterocycles. The lowest BCUT2D eigenvalue weighted by Crippen LogP contribution is -2.75. The van der Waals surface area contributed by atoms with Crippen LogP contribution in [-0.2, 0) is 0 Å². The van der Waals surface area contributed by atoms with Crippen LogP contribution in [0.15, 0.2) is 9.98 Å². The van der Waals surface area contributed by atoms with E-state index in [-0.39, 0.29) is 0 Å². The van der Waals surface area contributed by atoms with Crippen molar-refractivity contribution in [2.75, 3.05) is 13.1 Å². The molecule has 0 unspecified atom stereocenters. The van der Waals surface area contributed by atoms with Crippen LogP contribution in [0.1, 0.15) is 27.2 Å². The predicted molar refractivity (Wildman–Crippen MR) is 62.6 cm³/mol. The quantitative estimate of drug-likeness (QED) is 0.510. The number of aliphatic imine (C=N–C) groups is 2. The average Bonchev–Trinajstić information content (AvgIpc) is 2.18. The average molecular weight is 212 g/mol. The molecule has 0 bridgehead atoms. The number of nitrogens with zero attached hydrogens (tertiary/aromatic N) is 2. The smallest absolute Gasteiger partial charge is 0.200 e. The maximum absolute atomic E-state index is 6.08. The molecule has 86 valence electrons. The van der Waals surface area contributed by atoms with Crippen molar-refractivity contribution in [1.82, 2.24) is 16.0 Å². The first-order valence-corrected chi connectivity index (χ1v) is 5.34. The standard InChI is InChI=1S/C9H20N6/c1-4-9(10)14-7(11-5-2)13-8(15-9)12-6-3/h4-6,10H2,1-3H3,(H3,11,12,13,14,15). The van der Waals surface area contributed by atoms with Gasteiger partial charge >= 0.3 is 0 Å². The van der Waals surface area contributed by atoms with E-state index in [4.69, 9.17) is 5.73 Å². The molecule has 0 spiro atoms. The fourth-order valence-electron chi connectivity index (χ4n) is 1.28. The predicted octanol–water partition coefficient (Wildman–Crippen LogP) is -0.457. The van der Waals surface area contributed by atoms with E-state index in [2.05, 4.69) is 25.9 Å². The highest BCUT2D eigenvalue weighted by Crippen LogP contribution is 2.00. The van der Waals surface area contributed by atoms with Gasteiger partial charge < -0.3 is 10.6 Å². The van der Waals surface area contributed by atoms with Gasteiger partial charge in [0.2, 0.25) is 11.9 Å². The van der Waals surface area contributed by atoms with Crippen molar-refractivity contribution >= 4 is 11.9 Å². The topological polar surface area (TPSA) is 86.8 Å². The Morgan fingerprint density at radius 2 is 1.53 bits per heavy atom. The molecule has 0 amide bonds. The Kier molecular flexibility index (Phi) is 3.90. The Hall–Kier alpha value is -1.30. The summed E-state index contributed by atoms with van der Waals surface area (Å²) in [7, 11) is 0. The normalized spacial score (nSPS) is 30.9. The van der Waals surface area contributed by atoms with Gasteiger partial charge in [0.15, 0.2) is 5.79 Å². The summed E-state index contributed by atoms with van der Waals surface area (Å²) in [4.78, 5) is 8.51. The van der Waals surface area contributed by atoms with E-state index >= 15 is 0 Å². The zero-order chi connectivity index (χ0) is 11.3. The lowest BCUT2D eigenvalue weighted by molar-refractivity contribution is 0.331. The maximum atomic E-state index is 6.08. The summed E-state index contributed by atoms with van der Waals surface area (Å²) >= 11 is 0. The summed E-state index contributed by atoms with van der Waals surface area (Å²) in [5.74, 6) is 0.688. The monoisotopic (exact) mass is 212 g/mol. The molecular weight excluding hydrogens is 192 g/mol. The van der Waals surface area contributed by atoms with E-state index in [9.17, 15) is 0 Å². The Labute approximate surface area is 90.4 Å². The van der Waals surface area contributed by atoms with Crippen LogP contribution in [-0.4, -0.2) is 30.8 Å². The van der Waals surface area contributed by atoms with Crippen molar-refractivity contribution in [3.8, 4) is 0 Å². The first-order chi connectivity index (χ1) is 7.13. The molecule has 1 aliphatic heterocycles. The number of hydrogen-bond acceptors (Lipinski definition) is 3. The van der Waals surface area contributed by atoms with Gasteiger partial charge in [-0.25, -0.2) is 0 Å². The maximum Gasteiger partial charge on any atom is 0.200 e. The van der Waals surface area contributed by atoms with Gasteiger partial charge in [0.05, 0.1) is 0 Å². The Balaban J connectivity index is 2.82. The summed E-state index contributed by atoms with van der Waals surface area (Å²) < 4.78 is 0. The third kappa shape index (κ3) is 3.09. The molecule has 0 atom stereocenters. The van der Waals surface area contributed by atoms with E-state index in [1.54, 1.807) is 0 Å². The van der Waals surface area contributed by atoms with Gasteiger partial charge in [-0.15, -0.1) is 0 Å². The van der Waals surface area contributed by atoms with Crippen LogP contribution in [0.2, 0.25) is 0 Å². The highest BCUT2D eigenvalue weighted by atomic mass is 15.5. The molecule has 0 aromatic carbocycles. The molecule has 1 rings (SSSR count). The molecule has 5 N–H and O–H groups in total. The molecule has 1 fully saturated rings. The first kappa shape index (κ1) is 11.8.